The molecule has 3 rings (SSSR count). The van der Waals surface area contributed by atoms with Crippen molar-refractivity contribution in [2.45, 2.75) is 203 Å². The molecule has 0 aliphatic rings. The molecule has 3 aromatic carbocycles. The van der Waals surface area contributed by atoms with Crippen LogP contribution in [0.2, 0.25) is 6.82 Å². The van der Waals surface area contributed by atoms with Gasteiger partial charge in [0.25, 0.3) is 9.05 Å². The van der Waals surface area contributed by atoms with E-state index in [2.05, 4.69) is 54.1 Å². The fourth-order valence-corrected chi connectivity index (χ4v) is 7.60. The van der Waals surface area contributed by atoms with Crippen molar-refractivity contribution in [1.29, 1.82) is 1.34 Å². The molecule has 0 heterocycles. The second-order valence-electron chi connectivity index (χ2n) is 26.0. The number of ketones is 1. The Balaban J connectivity index is -0.000000221. The zero-order chi connectivity index (χ0) is 83.8. The van der Waals surface area contributed by atoms with Crippen LogP contribution in [-0.2, 0) is 117 Å². The van der Waals surface area contributed by atoms with Gasteiger partial charge in [-0.15, -0.1) is 0 Å². The number of ether oxygens (including phenoxy) is 15. The fourth-order valence-electron chi connectivity index (χ4n) is 6.71. The van der Waals surface area contributed by atoms with Gasteiger partial charge >= 0.3 is 32.0 Å². The summed E-state index contributed by atoms with van der Waals surface area (Å²) in [6.45, 7) is 42.1. The number of aryl methyl sites for hydroxylation is 1. The monoisotopic (exact) mass is 1630 g/mol. The third-order valence-corrected chi connectivity index (χ3v) is 12.5. The van der Waals surface area contributed by atoms with Crippen LogP contribution in [0.4, 0.5) is 4.32 Å². The summed E-state index contributed by atoms with van der Waals surface area (Å²) in [6.07, 6.45) is 5.88. The Hall–Kier alpha value is -4.47. The van der Waals surface area contributed by atoms with Crippen LogP contribution in [0.15, 0.2) is 89.8 Å². The zero-order valence-corrected chi connectivity index (χ0v) is 70.5. The molecule has 616 valence electrons. The van der Waals surface area contributed by atoms with Gasteiger partial charge in [-0.1, -0.05) is 115 Å². The van der Waals surface area contributed by atoms with E-state index in [9.17, 15) is 32.4 Å². The fraction of sp³-hybridized carbons (Fsp3) is 0.697. The van der Waals surface area contributed by atoms with E-state index < -0.39 is 25.9 Å². The minimum Gasteiger partial charge on any atom is -0.459 e. The van der Waals surface area contributed by atoms with E-state index in [1.54, 1.807) is 12.1 Å². The summed E-state index contributed by atoms with van der Waals surface area (Å²) < 4.78 is 114. The van der Waals surface area contributed by atoms with Crippen molar-refractivity contribution < 1.29 is 118 Å². The summed E-state index contributed by atoms with van der Waals surface area (Å²) in [5.74, 6) is -1.16. The first-order valence-electron chi connectivity index (χ1n) is 36.0. The number of hydrogen-bond donors (Lipinski definition) is 2. The summed E-state index contributed by atoms with van der Waals surface area (Å²) in [4.78, 5) is 54.9. The van der Waals surface area contributed by atoms with Crippen molar-refractivity contribution in [3.8, 4) is 0 Å². The molecular weight excluding hydrogens is 1500 g/mol. The first-order chi connectivity index (χ1) is 51.0. The number of esters is 4. The van der Waals surface area contributed by atoms with E-state index in [1.807, 2.05) is 151 Å². The average molecular weight is 1630 g/mol. The van der Waals surface area contributed by atoms with Gasteiger partial charge in [0.05, 0.1) is 65.6 Å². The summed E-state index contributed by atoms with van der Waals surface area (Å²) in [5, 5.41) is 17.2. The van der Waals surface area contributed by atoms with Crippen LogP contribution in [0.1, 0.15) is 165 Å². The van der Waals surface area contributed by atoms with E-state index in [-0.39, 0.29) is 85.1 Å². The van der Waals surface area contributed by atoms with E-state index in [0.29, 0.717) is 112 Å². The second-order valence-corrected chi connectivity index (χ2v) is 29.1. The summed E-state index contributed by atoms with van der Waals surface area (Å²) >= 11 is 2.99. The average Bonchev–Trinajstić information content (AvgIpc) is 0.868. The molecule has 0 saturated heterocycles. The molecule has 2 N–H and O–H groups in total. The lowest BCUT2D eigenvalue weighted by Crippen LogP contribution is -2.26. The van der Waals surface area contributed by atoms with E-state index in [0.717, 1.165) is 63.1 Å². The highest BCUT2D eigenvalue weighted by molar-refractivity contribution is 9.09. The van der Waals surface area contributed by atoms with Crippen molar-refractivity contribution in [3.05, 3.63) is 102 Å². The van der Waals surface area contributed by atoms with Crippen LogP contribution in [0, 0.1) is 6.92 Å². The lowest BCUT2D eigenvalue weighted by Gasteiger charge is -2.19. The van der Waals surface area contributed by atoms with Crippen molar-refractivity contribution in [3.63, 3.8) is 0 Å². The standard InChI is InChI=1S/C18H28O5.C12H24O4.C12H18O3.C11H22O5.C9H18O3.C7H7ClO2S.C6H11BrO2.CH3B.BF.BH/c1-18(2,3)23-17(19)15-21-11-7-10-20-12-13-22-14-16-8-5-4-6-9-16;1-5-7-14-8-6-9-15-10-11(13)16-12(2,3)4;13-7-4-8-14-9-10-15-11-12-5-2-1-3-6-12;1-11(2,3)16-10(13)9-15-7-4-6-14-8-5-12;1-3-5-11-6-4-7-12-8-9(2)10;1-6-2-4-7(5-3-6)11(8,9)10;1-6(2,3)9-5(8)4-7;2*1-2;/h4-6,8-9H,7,10-15H2,1-3H3;5-10H2,1-4H3;1-3,5-6,13H,4,7-11H2;12H,4-9H2,1-3H3;3-8H2,1-2H3;2-5H,1H3;4H2,1-3H3;1H3;;1H/i;;;;;;;;;1D. The Morgan fingerprint density at radius 2 is 0.710 bits per heavy atom. The van der Waals surface area contributed by atoms with Crippen molar-refractivity contribution in [2.24, 2.45) is 0 Å². The lowest BCUT2D eigenvalue weighted by atomic mass is 10.2. The van der Waals surface area contributed by atoms with Gasteiger partial charge in [0, 0.05) is 98.3 Å². The van der Waals surface area contributed by atoms with Crippen LogP contribution >= 0.6 is 26.6 Å². The maximum Gasteiger partial charge on any atom is 0.350 e. The molecule has 0 aliphatic carbocycles. The van der Waals surface area contributed by atoms with Gasteiger partial charge < -0.3 is 85.6 Å². The van der Waals surface area contributed by atoms with E-state index in [1.165, 1.54) is 31.4 Å². The Morgan fingerprint density at radius 3 is 0.981 bits per heavy atom. The van der Waals surface area contributed by atoms with Gasteiger partial charge in [0.1, 0.15) is 54.2 Å². The predicted octanol–water partition coefficient (Wildman–Crippen LogP) is 12.1. The maximum atomic E-state index is 11.4. The molecule has 0 unspecified atom stereocenters. The molecule has 0 aromatic heterocycles. The maximum absolute atomic E-state index is 11.4. The number of benzene rings is 3. The van der Waals surface area contributed by atoms with Crippen molar-refractivity contribution >= 4 is 89.7 Å². The van der Waals surface area contributed by atoms with Crippen LogP contribution in [0.5, 0.6) is 0 Å². The highest BCUT2D eigenvalue weighted by Crippen LogP contribution is 2.15. The minimum absolute atomic E-state index is 0.0164. The minimum atomic E-state index is -3.55. The molecule has 24 nitrogen and oxygen atoms in total. The third kappa shape index (κ3) is 104. The molecule has 0 aliphatic heterocycles. The van der Waals surface area contributed by atoms with Crippen LogP contribution in [-0.4, -0.2) is 247 Å². The molecule has 31 heteroatoms. The van der Waals surface area contributed by atoms with Gasteiger partial charge in [-0.25, -0.2) is 22.8 Å². The first kappa shape index (κ1) is 113. The lowest BCUT2D eigenvalue weighted by molar-refractivity contribution is -0.161. The predicted molar refractivity (Wildman–Crippen MR) is 425 cm³/mol. The number of rotatable bonds is 45. The molecule has 3 aromatic rings. The number of carbonyl (C=O) groups is 5. The smallest absolute Gasteiger partial charge is 0.350 e. The van der Waals surface area contributed by atoms with Gasteiger partial charge in [0.2, 0.25) is 0 Å². The summed E-state index contributed by atoms with van der Waals surface area (Å²) in [7, 11) is 12.8. The van der Waals surface area contributed by atoms with Crippen LogP contribution in [0.25, 0.3) is 0 Å². The largest absolute Gasteiger partial charge is 0.459 e. The Morgan fingerprint density at radius 1 is 0.430 bits per heavy atom. The van der Waals surface area contributed by atoms with Gasteiger partial charge in [-0.05, 0) is 166 Å². The molecule has 0 spiro atoms. The van der Waals surface area contributed by atoms with E-state index in [4.69, 9.17) is 97.6 Å². The summed E-state index contributed by atoms with van der Waals surface area (Å²) in [6, 6.07) is 26.5. The second kappa shape index (κ2) is 79.6. The number of halogens is 3. The highest BCUT2D eigenvalue weighted by Gasteiger charge is 2.19. The molecule has 0 fully saturated rings. The Kier molecular flexibility index (Phi) is 84.4. The molecule has 107 heavy (non-hydrogen) atoms. The van der Waals surface area contributed by atoms with Gasteiger partial charge in [0.15, 0.2) is 5.78 Å². The quantitative estimate of drug-likeness (QED) is 0.0133. The molecule has 0 bridgehead atoms. The number of aliphatic hydroxyl groups excluding tert-OH is 2. The number of hydrogen-bond acceptors (Lipinski definition) is 24. The Bertz CT molecular complexity index is 2540. The Labute approximate surface area is 660 Å². The van der Waals surface area contributed by atoms with Crippen molar-refractivity contribution in [2.75, 3.05) is 151 Å². The molecular formula is C76H132B3BrClFO24S. The SMILES string of the molecule is CC(C)(C)OC(=O)CBr.CC(C)(C)OC(=O)COCCCOCCO.CC(C)(C)OC(=O)COCCCOCCOCc1ccccc1.CCCOCCCOCC(=O)OC(C)(C)C.CCCOCCCOCC(C)=O.Cc1ccc(S(=O)(=O)Cl)cc1.OCCCOCCOCc1ccccc1.[2H][B].[B]C.[B]F. The zero-order valence-electron chi connectivity index (χ0n) is 68.4. The number of carbonyl (C=O) groups excluding carboxylic acids is 5. The topological polar surface area (TPSA) is 298 Å². The molecule has 6 radical (unpaired) electrons. The van der Waals surface area contributed by atoms with Crippen LogP contribution in [0.3, 0.4) is 0 Å². The molecule has 0 amide bonds. The highest BCUT2D eigenvalue weighted by atomic mass is 79.9. The normalized spacial score (nSPS) is 10.8. The number of aliphatic hydroxyl groups is 2. The number of alkyl halides is 1. The van der Waals surface area contributed by atoms with E-state index >= 15 is 0 Å². The molecule has 0 saturated carbocycles. The molecule has 0 atom stereocenters. The van der Waals surface area contributed by atoms with Gasteiger partial charge in [-0.2, -0.15) is 0 Å². The summed E-state index contributed by atoms with van der Waals surface area (Å²) in [5.41, 5.74) is 1.61. The van der Waals surface area contributed by atoms with Crippen molar-refractivity contribution in [1.82, 2.24) is 0 Å². The number of Topliss-reactive ketones (excluding diaryl/α,β-unsaturated/α-hetero) is 1. The third-order valence-electron chi connectivity index (χ3n) is 10.7. The first-order valence-corrected chi connectivity index (χ1v) is 38.9. The van der Waals surface area contributed by atoms with Crippen LogP contribution < -0.4 is 0 Å². The van der Waals surface area contributed by atoms with Gasteiger partial charge in [-0.3, -0.25) is 9.59 Å².